The first-order valence-electron chi connectivity index (χ1n) is 8.69. The number of hydrogen-bond donors (Lipinski definition) is 2. The maximum atomic E-state index is 12.8. The van der Waals surface area contributed by atoms with Gasteiger partial charge in [-0.1, -0.05) is 24.3 Å². The van der Waals surface area contributed by atoms with Crippen molar-refractivity contribution in [3.8, 4) is 0 Å². The summed E-state index contributed by atoms with van der Waals surface area (Å²) in [5.74, 6) is -0.129. The number of anilines is 1. The average molecular weight is 335 g/mol. The lowest BCUT2D eigenvalue weighted by molar-refractivity contribution is 0.0967. The number of fused-ring (bicyclic) bond motifs is 1. The van der Waals surface area contributed by atoms with Crippen molar-refractivity contribution in [2.24, 2.45) is 5.73 Å². The zero-order chi connectivity index (χ0) is 17.4. The molecule has 0 saturated carbocycles. The Bertz CT molecular complexity index is 823. The normalized spacial score (nSPS) is 17.6. The van der Waals surface area contributed by atoms with Crippen LogP contribution in [0, 0.1) is 0 Å². The van der Waals surface area contributed by atoms with Crippen LogP contribution in [0.5, 0.6) is 0 Å². The summed E-state index contributed by atoms with van der Waals surface area (Å²) in [4.78, 5) is 26.1. The van der Waals surface area contributed by atoms with Crippen LogP contribution in [0.3, 0.4) is 0 Å². The minimum Gasteiger partial charge on any atom is -0.366 e. The molecule has 0 radical (unpaired) electrons. The van der Waals surface area contributed by atoms with Gasteiger partial charge in [-0.15, -0.1) is 0 Å². The molecule has 0 unspecified atom stereocenters. The van der Waals surface area contributed by atoms with Crippen LogP contribution >= 0.6 is 0 Å². The molecule has 2 heterocycles. The number of primary amides is 1. The molecular formula is C20H21N3O2. The largest absolute Gasteiger partial charge is 0.366 e. The molecule has 1 saturated heterocycles. The summed E-state index contributed by atoms with van der Waals surface area (Å²) in [5.41, 5.74) is 9.20. The molecule has 2 aromatic rings. The summed E-state index contributed by atoms with van der Waals surface area (Å²) in [6.45, 7) is 2.59. The molecule has 0 atom stereocenters. The number of carbonyl (C=O) groups is 2. The Labute approximate surface area is 146 Å². The second-order valence-corrected chi connectivity index (χ2v) is 6.71. The van der Waals surface area contributed by atoms with Crippen LogP contribution in [0.15, 0.2) is 42.5 Å². The number of nitrogens with zero attached hydrogens (tertiary/aromatic N) is 1. The van der Waals surface area contributed by atoms with E-state index in [1.165, 1.54) is 5.56 Å². The second-order valence-electron chi connectivity index (χ2n) is 6.71. The first-order chi connectivity index (χ1) is 12.1. The molecule has 5 nitrogen and oxygen atoms in total. The SMILES string of the molecule is NC(=O)c1cccc2c1C(=O)N(c1ccc(C3CCNCC3)cc1)C2. The lowest BCUT2D eigenvalue weighted by atomic mass is 9.90. The van der Waals surface area contributed by atoms with Crippen LogP contribution < -0.4 is 16.0 Å². The standard InChI is InChI=1S/C20H21N3O2/c21-19(24)17-3-1-2-15-12-23(20(25)18(15)17)16-6-4-13(5-7-16)14-8-10-22-11-9-14/h1-7,14,22H,8-12H2,(H2,21,24). The Morgan fingerprint density at radius 2 is 1.80 bits per heavy atom. The highest BCUT2D eigenvalue weighted by Gasteiger charge is 2.32. The van der Waals surface area contributed by atoms with E-state index in [1.54, 1.807) is 17.0 Å². The minimum atomic E-state index is -0.562. The Balaban J connectivity index is 1.60. The molecule has 3 N–H and O–H groups in total. The van der Waals surface area contributed by atoms with Gasteiger partial charge < -0.3 is 16.0 Å². The van der Waals surface area contributed by atoms with E-state index in [0.717, 1.165) is 37.2 Å². The Morgan fingerprint density at radius 3 is 2.48 bits per heavy atom. The fourth-order valence-corrected chi connectivity index (χ4v) is 3.86. The molecule has 128 valence electrons. The Kier molecular flexibility index (Phi) is 4.01. The molecule has 0 aromatic heterocycles. The minimum absolute atomic E-state index is 0.154. The van der Waals surface area contributed by atoms with E-state index in [9.17, 15) is 9.59 Å². The number of nitrogens with one attached hydrogen (secondary N) is 1. The van der Waals surface area contributed by atoms with Gasteiger partial charge in [-0.3, -0.25) is 9.59 Å². The van der Waals surface area contributed by atoms with E-state index in [4.69, 9.17) is 5.73 Å². The van der Waals surface area contributed by atoms with Gasteiger partial charge in [0.05, 0.1) is 17.7 Å². The van der Waals surface area contributed by atoms with Gasteiger partial charge >= 0.3 is 0 Å². The van der Waals surface area contributed by atoms with Crippen LogP contribution in [0.2, 0.25) is 0 Å². The van der Waals surface area contributed by atoms with E-state index >= 15 is 0 Å². The zero-order valence-electron chi connectivity index (χ0n) is 14.0. The van der Waals surface area contributed by atoms with Gasteiger partial charge in [-0.05, 0) is 61.2 Å². The van der Waals surface area contributed by atoms with Crippen molar-refractivity contribution in [1.82, 2.24) is 5.32 Å². The lowest BCUT2D eigenvalue weighted by Gasteiger charge is -2.24. The van der Waals surface area contributed by atoms with Crippen molar-refractivity contribution < 1.29 is 9.59 Å². The van der Waals surface area contributed by atoms with Gasteiger partial charge in [-0.2, -0.15) is 0 Å². The molecular weight excluding hydrogens is 314 g/mol. The first kappa shape index (κ1) is 15.8. The predicted molar refractivity (Wildman–Crippen MR) is 96.8 cm³/mol. The summed E-state index contributed by atoms with van der Waals surface area (Å²) >= 11 is 0. The maximum Gasteiger partial charge on any atom is 0.259 e. The fourth-order valence-electron chi connectivity index (χ4n) is 3.86. The highest BCUT2D eigenvalue weighted by Crippen LogP contribution is 2.32. The van der Waals surface area contributed by atoms with Gasteiger partial charge in [0.1, 0.15) is 0 Å². The Morgan fingerprint density at radius 1 is 1.08 bits per heavy atom. The number of rotatable bonds is 3. The average Bonchev–Trinajstić information content (AvgIpc) is 2.99. The molecule has 25 heavy (non-hydrogen) atoms. The number of piperidine rings is 1. The zero-order valence-corrected chi connectivity index (χ0v) is 14.0. The van der Waals surface area contributed by atoms with Crippen molar-refractivity contribution >= 4 is 17.5 Å². The van der Waals surface area contributed by atoms with Crippen LogP contribution in [0.25, 0.3) is 0 Å². The molecule has 2 amide bonds. The molecule has 1 fully saturated rings. The molecule has 0 aliphatic carbocycles. The summed E-state index contributed by atoms with van der Waals surface area (Å²) in [6.07, 6.45) is 2.30. The van der Waals surface area contributed by atoms with E-state index < -0.39 is 5.91 Å². The molecule has 0 bridgehead atoms. The second kappa shape index (κ2) is 6.33. The maximum absolute atomic E-state index is 12.8. The molecule has 2 aliphatic heterocycles. The predicted octanol–water partition coefficient (Wildman–Crippen LogP) is 2.41. The highest BCUT2D eigenvalue weighted by molar-refractivity contribution is 6.16. The van der Waals surface area contributed by atoms with Crippen LogP contribution in [-0.2, 0) is 6.54 Å². The van der Waals surface area contributed by atoms with Crippen molar-refractivity contribution in [2.45, 2.75) is 25.3 Å². The van der Waals surface area contributed by atoms with Crippen molar-refractivity contribution in [2.75, 3.05) is 18.0 Å². The number of nitrogens with two attached hydrogens (primary N) is 1. The third kappa shape index (κ3) is 2.81. The Hall–Kier alpha value is -2.66. The van der Waals surface area contributed by atoms with Gasteiger partial charge in [0, 0.05) is 5.69 Å². The number of hydrogen-bond acceptors (Lipinski definition) is 3. The first-order valence-corrected chi connectivity index (χ1v) is 8.69. The fraction of sp³-hybridized carbons (Fsp3) is 0.300. The van der Waals surface area contributed by atoms with Gasteiger partial charge in [0.15, 0.2) is 0 Å². The number of carbonyl (C=O) groups excluding carboxylic acids is 2. The third-order valence-electron chi connectivity index (χ3n) is 5.22. The topological polar surface area (TPSA) is 75.4 Å². The highest BCUT2D eigenvalue weighted by atomic mass is 16.2. The summed E-state index contributed by atoms with van der Waals surface area (Å²) in [5, 5.41) is 3.38. The summed E-state index contributed by atoms with van der Waals surface area (Å²) in [7, 11) is 0. The number of benzene rings is 2. The lowest BCUT2D eigenvalue weighted by Crippen LogP contribution is -2.27. The summed E-state index contributed by atoms with van der Waals surface area (Å²) in [6, 6.07) is 13.5. The van der Waals surface area contributed by atoms with Crippen molar-refractivity contribution in [3.05, 3.63) is 64.7 Å². The molecule has 0 spiro atoms. The molecule has 5 heteroatoms. The van der Waals surface area contributed by atoms with Crippen LogP contribution in [0.4, 0.5) is 5.69 Å². The van der Waals surface area contributed by atoms with Crippen LogP contribution in [0.1, 0.15) is 50.6 Å². The van der Waals surface area contributed by atoms with E-state index in [-0.39, 0.29) is 5.91 Å². The molecule has 2 aromatic carbocycles. The van der Waals surface area contributed by atoms with Gasteiger partial charge in [0.25, 0.3) is 5.91 Å². The quantitative estimate of drug-likeness (QED) is 0.904. The van der Waals surface area contributed by atoms with Gasteiger partial charge in [-0.25, -0.2) is 0 Å². The smallest absolute Gasteiger partial charge is 0.259 e. The molecule has 2 aliphatic rings. The van der Waals surface area contributed by atoms with Crippen molar-refractivity contribution in [1.29, 1.82) is 0 Å². The van der Waals surface area contributed by atoms with Gasteiger partial charge in [0.2, 0.25) is 5.91 Å². The summed E-state index contributed by atoms with van der Waals surface area (Å²) < 4.78 is 0. The van der Waals surface area contributed by atoms with Crippen molar-refractivity contribution in [3.63, 3.8) is 0 Å². The van der Waals surface area contributed by atoms with E-state index in [2.05, 4.69) is 17.4 Å². The molecule has 4 rings (SSSR count). The third-order valence-corrected chi connectivity index (χ3v) is 5.22. The van der Waals surface area contributed by atoms with Crippen LogP contribution in [-0.4, -0.2) is 24.9 Å². The van der Waals surface area contributed by atoms with E-state index in [1.807, 2.05) is 18.2 Å². The van der Waals surface area contributed by atoms with E-state index in [0.29, 0.717) is 23.6 Å². The monoisotopic (exact) mass is 335 g/mol. The number of amides is 2.